The van der Waals surface area contributed by atoms with Gasteiger partial charge in [-0.05, 0) is 54.3 Å². The third-order valence-corrected chi connectivity index (χ3v) is 8.06. The van der Waals surface area contributed by atoms with Crippen LogP contribution in [0, 0.1) is 0 Å². The summed E-state index contributed by atoms with van der Waals surface area (Å²) in [5.41, 5.74) is 3.42. The van der Waals surface area contributed by atoms with Crippen LogP contribution in [0.25, 0.3) is 16.4 Å². The topological polar surface area (TPSA) is 105 Å². The molecule has 0 fully saturated rings. The van der Waals surface area contributed by atoms with Gasteiger partial charge in [0.15, 0.2) is 0 Å². The third-order valence-electron chi connectivity index (χ3n) is 7.69. The molecule has 3 aromatic carbocycles. The van der Waals surface area contributed by atoms with Gasteiger partial charge in [0, 0.05) is 67.9 Å². The number of pyridine rings is 1. The lowest BCUT2D eigenvalue weighted by Gasteiger charge is -2.17. The predicted molar refractivity (Wildman–Crippen MR) is 167 cm³/mol. The molecule has 3 heterocycles. The quantitative estimate of drug-likeness (QED) is 0.195. The Labute approximate surface area is 253 Å². The number of benzene rings is 3. The van der Waals surface area contributed by atoms with Crippen LogP contribution in [0.1, 0.15) is 45.7 Å². The number of rotatable bonds is 9. The van der Waals surface area contributed by atoms with Gasteiger partial charge >= 0.3 is 0 Å². The van der Waals surface area contributed by atoms with Crippen LogP contribution in [-0.2, 0) is 4.74 Å². The Morgan fingerprint density at radius 3 is 2.60 bits per heavy atom. The molecule has 0 saturated carbocycles. The van der Waals surface area contributed by atoms with Crippen molar-refractivity contribution in [1.29, 1.82) is 0 Å². The minimum atomic E-state index is -0.295. The molecule has 6 rings (SSSR count). The summed E-state index contributed by atoms with van der Waals surface area (Å²) in [4.78, 5) is 32.8. The summed E-state index contributed by atoms with van der Waals surface area (Å²) < 4.78 is 12.7. The Morgan fingerprint density at radius 1 is 1.09 bits per heavy atom. The van der Waals surface area contributed by atoms with Crippen molar-refractivity contribution in [3.05, 3.63) is 95.9 Å². The molecule has 0 spiro atoms. The van der Waals surface area contributed by atoms with E-state index in [9.17, 15) is 14.7 Å². The highest BCUT2D eigenvalue weighted by Crippen LogP contribution is 2.45. The number of fused-ring (bicyclic) bond motifs is 4. The number of halogens is 1. The van der Waals surface area contributed by atoms with Gasteiger partial charge in [-0.1, -0.05) is 24.3 Å². The van der Waals surface area contributed by atoms with Gasteiger partial charge in [0.2, 0.25) is 0 Å². The highest BCUT2D eigenvalue weighted by molar-refractivity contribution is 6.19. The fourth-order valence-electron chi connectivity index (χ4n) is 5.52. The van der Waals surface area contributed by atoms with Crippen LogP contribution in [0.4, 0.5) is 11.4 Å². The number of alkyl halides is 1. The van der Waals surface area contributed by atoms with Crippen LogP contribution in [-0.4, -0.2) is 58.6 Å². The molecular formula is C33H31ClN4O5. The maximum absolute atomic E-state index is 13.7. The summed E-state index contributed by atoms with van der Waals surface area (Å²) in [6, 6.07) is 19.6. The van der Waals surface area contributed by atoms with E-state index in [0.717, 1.165) is 22.8 Å². The SMILES string of the molecule is COCC[C@H](C)Oc1ccc(C(=O)Nc2ccc3nc(C(=O)N4CC(CCl)c5c4cc(O)c4ccccc54)cn3c2)cc1. The van der Waals surface area contributed by atoms with Gasteiger partial charge in [0.1, 0.15) is 22.8 Å². The molecule has 2 N–H and O–H groups in total. The van der Waals surface area contributed by atoms with Crippen molar-refractivity contribution in [3.8, 4) is 11.5 Å². The van der Waals surface area contributed by atoms with Crippen LogP contribution in [0.3, 0.4) is 0 Å². The van der Waals surface area contributed by atoms with E-state index in [0.29, 0.717) is 47.4 Å². The average molecular weight is 599 g/mol. The number of nitrogens with zero attached hydrogens (tertiary/aromatic N) is 3. The average Bonchev–Trinajstić information content (AvgIpc) is 3.61. The number of methoxy groups -OCH3 is 1. The number of carbonyl (C=O) groups excluding carboxylic acids is 2. The Bertz CT molecular complexity index is 1820. The number of nitrogens with one attached hydrogen (secondary N) is 1. The molecule has 0 aliphatic carbocycles. The van der Waals surface area contributed by atoms with Crippen molar-refractivity contribution in [1.82, 2.24) is 9.38 Å². The van der Waals surface area contributed by atoms with Gasteiger partial charge in [-0.15, -0.1) is 11.6 Å². The number of anilines is 2. The number of hydrogen-bond donors (Lipinski definition) is 2. The standard InChI is InChI=1S/C33H31ClN4O5/c1-20(13-14-42-2)43-24-10-7-21(8-11-24)32(40)35-23-9-12-30-36-27(19-37(30)18-23)33(41)38-17-22(16-34)31-26-6-4-3-5-25(26)29(39)15-28(31)38/h3-12,15,18-20,22,39H,13-14,16-17H2,1-2H3,(H,35,40)/t20-,22?/m0/s1. The molecular weight excluding hydrogens is 568 g/mol. The first-order valence-corrected chi connectivity index (χ1v) is 14.6. The highest BCUT2D eigenvalue weighted by Gasteiger charge is 2.35. The van der Waals surface area contributed by atoms with Gasteiger partial charge in [0.25, 0.3) is 11.8 Å². The van der Waals surface area contributed by atoms with Crippen molar-refractivity contribution in [2.24, 2.45) is 0 Å². The van der Waals surface area contributed by atoms with E-state index in [2.05, 4.69) is 10.3 Å². The van der Waals surface area contributed by atoms with E-state index < -0.39 is 0 Å². The van der Waals surface area contributed by atoms with E-state index in [1.807, 2.05) is 31.2 Å². The molecule has 0 saturated heterocycles. The van der Waals surface area contributed by atoms with E-state index in [1.54, 1.807) is 71.3 Å². The van der Waals surface area contributed by atoms with Gasteiger partial charge in [-0.2, -0.15) is 0 Å². The molecule has 1 aliphatic rings. The molecule has 2 amide bonds. The lowest BCUT2D eigenvalue weighted by molar-refractivity contribution is 0.0982. The molecule has 2 atom stereocenters. The molecule has 0 bridgehead atoms. The monoisotopic (exact) mass is 598 g/mol. The smallest absolute Gasteiger partial charge is 0.278 e. The van der Waals surface area contributed by atoms with Crippen LogP contribution in [0.15, 0.2) is 79.1 Å². The highest BCUT2D eigenvalue weighted by atomic mass is 35.5. The van der Waals surface area contributed by atoms with Gasteiger partial charge < -0.3 is 29.2 Å². The first-order chi connectivity index (χ1) is 20.9. The number of aromatic hydroxyl groups is 1. The van der Waals surface area contributed by atoms with Crippen molar-refractivity contribution < 1.29 is 24.2 Å². The number of phenolic OH excluding ortho intramolecular Hbond substituents is 1. The molecule has 10 heteroatoms. The third kappa shape index (κ3) is 5.61. The number of hydrogen-bond acceptors (Lipinski definition) is 6. The maximum Gasteiger partial charge on any atom is 0.278 e. The van der Waals surface area contributed by atoms with Gasteiger partial charge in [-0.25, -0.2) is 4.98 Å². The van der Waals surface area contributed by atoms with Gasteiger partial charge in [-0.3, -0.25) is 9.59 Å². The fraction of sp³-hybridized carbons (Fsp3) is 0.242. The second kappa shape index (κ2) is 11.9. The summed E-state index contributed by atoms with van der Waals surface area (Å²) in [5.74, 6) is 0.474. The normalized spacial score (nSPS) is 15.0. The zero-order valence-corrected chi connectivity index (χ0v) is 24.5. The number of carbonyl (C=O) groups is 2. The van der Waals surface area contributed by atoms with Crippen molar-refractivity contribution >= 4 is 51.2 Å². The first-order valence-electron chi connectivity index (χ1n) is 14.0. The van der Waals surface area contributed by atoms with E-state index in [4.69, 9.17) is 21.1 Å². The molecule has 9 nitrogen and oxygen atoms in total. The molecule has 1 aliphatic heterocycles. The first kappa shape index (κ1) is 28.5. The number of aromatic nitrogens is 2. The number of ether oxygens (including phenoxy) is 2. The minimum absolute atomic E-state index is 0.00712. The molecule has 5 aromatic rings. The van der Waals surface area contributed by atoms with E-state index >= 15 is 0 Å². The molecule has 0 radical (unpaired) electrons. The van der Waals surface area contributed by atoms with Crippen LogP contribution < -0.4 is 15.0 Å². The van der Waals surface area contributed by atoms with Crippen LogP contribution in [0.5, 0.6) is 11.5 Å². The number of phenols is 1. The summed E-state index contributed by atoms with van der Waals surface area (Å²) in [6.45, 7) is 2.97. The Hall–Kier alpha value is -4.60. The summed E-state index contributed by atoms with van der Waals surface area (Å²) in [5, 5.41) is 15.2. The second-order valence-electron chi connectivity index (χ2n) is 10.6. The largest absolute Gasteiger partial charge is 0.507 e. The predicted octanol–water partition coefficient (Wildman–Crippen LogP) is 6.23. The van der Waals surface area contributed by atoms with Gasteiger partial charge in [0.05, 0.1) is 17.5 Å². The number of amides is 2. The summed E-state index contributed by atoms with van der Waals surface area (Å²) in [6.07, 6.45) is 4.11. The van der Waals surface area contributed by atoms with Crippen LogP contribution in [0.2, 0.25) is 0 Å². The Kier molecular flexibility index (Phi) is 7.92. The molecule has 220 valence electrons. The fourth-order valence-corrected chi connectivity index (χ4v) is 5.77. The summed E-state index contributed by atoms with van der Waals surface area (Å²) in [7, 11) is 1.66. The lowest BCUT2D eigenvalue weighted by atomic mass is 9.95. The lowest BCUT2D eigenvalue weighted by Crippen LogP contribution is -2.30. The molecule has 1 unspecified atom stereocenters. The minimum Gasteiger partial charge on any atom is -0.507 e. The summed E-state index contributed by atoms with van der Waals surface area (Å²) >= 11 is 6.34. The van der Waals surface area contributed by atoms with Crippen molar-refractivity contribution in [2.45, 2.75) is 25.4 Å². The van der Waals surface area contributed by atoms with E-state index in [-0.39, 0.29) is 35.3 Å². The van der Waals surface area contributed by atoms with Crippen molar-refractivity contribution in [2.75, 3.05) is 36.4 Å². The number of imidazole rings is 1. The van der Waals surface area contributed by atoms with E-state index in [1.165, 1.54) is 0 Å². The molecule has 2 aromatic heterocycles. The Morgan fingerprint density at radius 2 is 1.86 bits per heavy atom. The van der Waals surface area contributed by atoms with Crippen LogP contribution >= 0.6 is 11.6 Å². The Balaban J connectivity index is 1.19. The van der Waals surface area contributed by atoms with Crippen molar-refractivity contribution in [3.63, 3.8) is 0 Å². The second-order valence-corrected chi connectivity index (χ2v) is 10.9. The zero-order valence-electron chi connectivity index (χ0n) is 23.8. The molecule has 43 heavy (non-hydrogen) atoms. The maximum atomic E-state index is 13.7. The zero-order chi connectivity index (χ0) is 30.1.